The third-order valence-corrected chi connectivity index (χ3v) is 7.29. The largest absolute Gasteiger partial charge is 0.352 e. The molecule has 0 atom stereocenters. The van der Waals surface area contributed by atoms with Crippen molar-refractivity contribution in [3.05, 3.63) is 65.2 Å². The highest BCUT2D eigenvalue weighted by molar-refractivity contribution is 7.89. The first-order valence-electron chi connectivity index (χ1n) is 10.4. The summed E-state index contributed by atoms with van der Waals surface area (Å²) in [4.78, 5) is 12.4. The van der Waals surface area contributed by atoms with Crippen molar-refractivity contribution in [2.75, 3.05) is 13.1 Å². The predicted octanol–water partition coefficient (Wildman–Crippen LogP) is 3.81. The Labute approximate surface area is 174 Å². The number of amides is 1. The van der Waals surface area contributed by atoms with E-state index >= 15 is 0 Å². The summed E-state index contributed by atoms with van der Waals surface area (Å²) in [7, 11) is -3.42. The Balaban J connectivity index is 1.50. The fourth-order valence-corrected chi connectivity index (χ4v) is 5.03. The van der Waals surface area contributed by atoms with Gasteiger partial charge in [-0.05, 0) is 49.4 Å². The minimum absolute atomic E-state index is 0.00756. The highest BCUT2D eigenvalue weighted by Gasteiger charge is 2.24. The predicted molar refractivity (Wildman–Crippen MR) is 115 cm³/mol. The number of benzene rings is 2. The molecule has 0 radical (unpaired) electrons. The number of nitrogens with zero attached hydrogens (tertiary/aromatic N) is 1. The van der Waals surface area contributed by atoms with Gasteiger partial charge in [-0.25, -0.2) is 8.42 Å². The van der Waals surface area contributed by atoms with E-state index in [1.807, 2.05) is 43.3 Å². The van der Waals surface area contributed by atoms with Gasteiger partial charge < -0.3 is 5.32 Å². The molecule has 0 spiro atoms. The maximum Gasteiger partial charge on any atom is 0.243 e. The van der Waals surface area contributed by atoms with Crippen LogP contribution in [0.25, 0.3) is 0 Å². The average molecular weight is 415 g/mol. The van der Waals surface area contributed by atoms with Gasteiger partial charge in [0.1, 0.15) is 0 Å². The van der Waals surface area contributed by atoms with E-state index in [9.17, 15) is 13.2 Å². The van der Waals surface area contributed by atoms with Crippen molar-refractivity contribution in [2.45, 2.75) is 56.9 Å². The molecule has 1 fully saturated rings. The molecule has 0 aromatic heterocycles. The lowest BCUT2D eigenvalue weighted by molar-refractivity contribution is -0.121. The third kappa shape index (κ3) is 6.15. The molecule has 3 rings (SSSR count). The monoisotopic (exact) mass is 414 g/mol. The lowest BCUT2D eigenvalue weighted by Gasteiger charge is -2.20. The molecule has 29 heavy (non-hydrogen) atoms. The van der Waals surface area contributed by atoms with Crippen LogP contribution in [0.5, 0.6) is 0 Å². The lowest BCUT2D eigenvalue weighted by atomic mass is 10.1. The van der Waals surface area contributed by atoms with E-state index in [0.29, 0.717) is 37.4 Å². The zero-order valence-corrected chi connectivity index (χ0v) is 17.9. The van der Waals surface area contributed by atoms with Crippen molar-refractivity contribution in [2.24, 2.45) is 0 Å². The van der Waals surface area contributed by atoms with Crippen LogP contribution in [0.4, 0.5) is 0 Å². The zero-order valence-electron chi connectivity index (χ0n) is 17.1. The van der Waals surface area contributed by atoms with Gasteiger partial charge in [-0.3, -0.25) is 4.79 Å². The number of aryl methyl sites for hydroxylation is 2. The number of carbonyl (C=O) groups is 1. The van der Waals surface area contributed by atoms with Crippen LogP contribution in [-0.4, -0.2) is 31.7 Å². The number of carbonyl (C=O) groups excluding carboxylic acids is 1. The van der Waals surface area contributed by atoms with Crippen LogP contribution in [0.1, 0.15) is 48.8 Å². The molecule has 0 saturated carbocycles. The highest BCUT2D eigenvalue weighted by Crippen LogP contribution is 2.21. The van der Waals surface area contributed by atoms with Crippen molar-refractivity contribution >= 4 is 15.9 Å². The maximum atomic E-state index is 12.8. The second-order valence-corrected chi connectivity index (χ2v) is 9.66. The van der Waals surface area contributed by atoms with Crippen LogP contribution in [0, 0.1) is 6.92 Å². The number of hydrogen-bond donors (Lipinski definition) is 1. The van der Waals surface area contributed by atoms with Gasteiger partial charge in [-0.2, -0.15) is 4.31 Å². The van der Waals surface area contributed by atoms with E-state index in [-0.39, 0.29) is 5.91 Å². The third-order valence-electron chi connectivity index (χ3n) is 5.38. The maximum absolute atomic E-state index is 12.8. The second-order valence-electron chi connectivity index (χ2n) is 7.72. The van der Waals surface area contributed by atoms with Gasteiger partial charge in [0.2, 0.25) is 15.9 Å². The Morgan fingerprint density at radius 2 is 1.48 bits per heavy atom. The van der Waals surface area contributed by atoms with Crippen molar-refractivity contribution in [3.8, 4) is 0 Å². The van der Waals surface area contributed by atoms with Gasteiger partial charge in [-0.15, -0.1) is 0 Å². The molecule has 0 bridgehead atoms. The van der Waals surface area contributed by atoms with Crippen LogP contribution < -0.4 is 5.32 Å². The van der Waals surface area contributed by atoms with Gasteiger partial charge in [0, 0.05) is 26.1 Å². The van der Waals surface area contributed by atoms with Gasteiger partial charge in [0.05, 0.1) is 4.90 Å². The summed E-state index contributed by atoms with van der Waals surface area (Å²) in [5.41, 5.74) is 3.23. The molecule has 1 heterocycles. The zero-order chi connectivity index (χ0) is 20.7. The van der Waals surface area contributed by atoms with E-state index in [2.05, 4.69) is 5.32 Å². The minimum Gasteiger partial charge on any atom is -0.352 e. The number of nitrogens with one attached hydrogen (secondary N) is 1. The fraction of sp³-hybridized carbons (Fsp3) is 0.435. The quantitative estimate of drug-likeness (QED) is 0.749. The smallest absolute Gasteiger partial charge is 0.243 e. The molecule has 2 aromatic rings. The molecule has 0 aliphatic carbocycles. The van der Waals surface area contributed by atoms with Crippen LogP contribution in [-0.2, 0) is 27.8 Å². The van der Waals surface area contributed by atoms with Crippen molar-refractivity contribution in [1.29, 1.82) is 0 Å². The first-order chi connectivity index (χ1) is 13.9. The van der Waals surface area contributed by atoms with E-state index in [0.717, 1.165) is 36.8 Å². The van der Waals surface area contributed by atoms with Gasteiger partial charge >= 0.3 is 0 Å². The molecule has 1 aliphatic rings. The van der Waals surface area contributed by atoms with E-state index in [4.69, 9.17) is 0 Å². The normalized spacial score (nSPS) is 15.6. The van der Waals surface area contributed by atoms with Crippen LogP contribution >= 0.6 is 0 Å². The van der Waals surface area contributed by atoms with Gasteiger partial charge in [0.25, 0.3) is 0 Å². The molecule has 6 heteroatoms. The standard InChI is InChI=1S/C23H30N2O3S/c1-19-6-8-21(9-7-19)18-24-23(26)15-12-20-10-13-22(14-11-20)29(27,28)25-16-4-2-3-5-17-25/h6-11,13-14H,2-5,12,15-18H2,1H3,(H,24,26). The molecular formula is C23H30N2O3S. The lowest BCUT2D eigenvalue weighted by Crippen LogP contribution is -2.31. The summed E-state index contributed by atoms with van der Waals surface area (Å²) in [6.45, 7) is 3.76. The van der Waals surface area contributed by atoms with Crippen molar-refractivity contribution in [1.82, 2.24) is 9.62 Å². The van der Waals surface area contributed by atoms with Crippen LogP contribution in [0.15, 0.2) is 53.4 Å². The van der Waals surface area contributed by atoms with Crippen molar-refractivity contribution in [3.63, 3.8) is 0 Å². The average Bonchev–Trinajstić information content (AvgIpc) is 3.02. The molecule has 1 saturated heterocycles. The summed E-state index contributed by atoms with van der Waals surface area (Å²) in [6.07, 6.45) is 5.01. The summed E-state index contributed by atoms with van der Waals surface area (Å²) in [6, 6.07) is 15.1. The molecule has 1 N–H and O–H groups in total. The second kappa shape index (κ2) is 10.0. The number of hydrogen-bond acceptors (Lipinski definition) is 3. The van der Waals surface area contributed by atoms with E-state index < -0.39 is 10.0 Å². The van der Waals surface area contributed by atoms with Crippen molar-refractivity contribution < 1.29 is 13.2 Å². The molecule has 2 aromatic carbocycles. The van der Waals surface area contributed by atoms with Gasteiger partial charge in [-0.1, -0.05) is 54.8 Å². The summed E-state index contributed by atoms with van der Waals surface area (Å²) in [5.74, 6) is -0.00756. The molecule has 1 aliphatic heterocycles. The molecule has 0 unspecified atom stereocenters. The molecule has 1 amide bonds. The summed E-state index contributed by atoms with van der Waals surface area (Å²) >= 11 is 0. The van der Waals surface area contributed by atoms with Gasteiger partial charge in [0.15, 0.2) is 0 Å². The molecular weight excluding hydrogens is 384 g/mol. The number of rotatable bonds is 7. The molecule has 156 valence electrons. The van der Waals surface area contributed by atoms with Crippen LogP contribution in [0.2, 0.25) is 0 Å². The Morgan fingerprint density at radius 3 is 2.10 bits per heavy atom. The summed E-state index contributed by atoms with van der Waals surface area (Å²) < 4.78 is 27.2. The first-order valence-corrected chi connectivity index (χ1v) is 11.8. The Kier molecular flexibility index (Phi) is 7.45. The Bertz CT molecular complexity index is 898. The molecule has 5 nitrogen and oxygen atoms in total. The Morgan fingerprint density at radius 1 is 0.897 bits per heavy atom. The summed E-state index contributed by atoms with van der Waals surface area (Å²) in [5, 5.41) is 2.93. The highest BCUT2D eigenvalue weighted by atomic mass is 32.2. The van der Waals surface area contributed by atoms with E-state index in [1.165, 1.54) is 5.56 Å². The minimum atomic E-state index is -3.42. The Hall–Kier alpha value is -2.18. The first kappa shape index (κ1) is 21.5. The number of sulfonamides is 1. The van der Waals surface area contributed by atoms with E-state index in [1.54, 1.807) is 16.4 Å². The SMILES string of the molecule is Cc1ccc(CNC(=O)CCc2ccc(S(=O)(=O)N3CCCCCC3)cc2)cc1. The topological polar surface area (TPSA) is 66.5 Å². The van der Waals surface area contributed by atoms with Crippen LogP contribution in [0.3, 0.4) is 0 Å². The fourth-order valence-electron chi connectivity index (χ4n) is 3.51.